The molecule has 2 rings (SSSR count). The molecule has 7 nitrogen and oxygen atoms in total. The molecular weight excluding hydrogens is 236 g/mol. The monoisotopic (exact) mass is 242 g/mol. The maximum atomic E-state index is 10.6. The van der Waals surface area contributed by atoms with Gasteiger partial charge in [0.25, 0.3) is 11.6 Å². The molecular formula is C11H6N4O3. The topological polar surface area (TPSA) is 102 Å². The molecule has 1 aromatic carbocycles. The maximum Gasteiger partial charge on any atom is 0.273 e. The van der Waals surface area contributed by atoms with Crippen molar-refractivity contribution in [1.82, 2.24) is 9.97 Å². The lowest BCUT2D eigenvalue weighted by atomic mass is 10.3. The number of nitro groups is 1. The lowest BCUT2D eigenvalue weighted by molar-refractivity contribution is -0.384. The number of benzene rings is 1. The molecule has 88 valence electrons. The zero-order valence-corrected chi connectivity index (χ0v) is 8.98. The smallest absolute Gasteiger partial charge is 0.273 e. The van der Waals surface area contributed by atoms with Gasteiger partial charge in [0.05, 0.1) is 11.0 Å². The lowest BCUT2D eigenvalue weighted by Gasteiger charge is -2.04. The number of hydrogen-bond donors (Lipinski definition) is 0. The summed E-state index contributed by atoms with van der Waals surface area (Å²) >= 11 is 0. The molecule has 0 radical (unpaired) electrons. The van der Waals surface area contributed by atoms with Gasteiger partial charge >= 0.3 is 0 Å². The van der Waals surface area contributed by atoms with E-state index in [2.05, 4.69) is 9.97 Å². The Morgan fingerprint density at radius 2 is 2.11 bits per heavy atom. The minimum absolute atomic E-state index is 0.0143. The van der Waals surface area contributed by atoms with E-state index in [1.807, 2.05) is 6.07 Å². The van der Waals surface area contributed by atoms with Crippen LogP contribution in [0.5, 0.6) is 11.6 Å². The largest absolute Gasteiger partial charge is 0.436 e. The van der Waals surface area contributed by atoms with Crippen molar-refractivity contribution in [3.8, 4) is 17.7 Å². The number of nitro benzene ring substituents is 1. The van der Waals surface area contributed by atoms with Crippen LogP contribution in [0.1, 0.15) is 5.69 Å². The standard InChI is InChI=1S/C11H6N4O3/c12-7-10-11(14-5-4-13-10)18-9-3-1-2-8(6-9)15(16)17/h1-6H. The van der Waals surface area contributed by atoms with Crippen molar-refractivity contribution < 1.29 is 9.66 Å². The SMILES string of the molecule is N#Cc1nccnc1Oc1cccc([N+](=O)[O-])c1. The van der Waals surface area contributed by atoms with Gasteiger partial charge in [-0.1, -0.05) is 6.07 Å². The third-order valence-corrected chi connectivity index (χ3v) is 2.01. The highest BCUT2D eigenvalue weighted by Crippen LogP contribution is 2.24. The Morgan fingerprint density at radius 1 is 1.33 bits per heavy atom. The van der Waals surface area contributed by atoms with Gasteiger partial charge in [-0.15, -0.1) is 0 Å². The van der Waals surface area contributed by atoms with Crippen LogP contribution in [0.2, 0.25) is 0 Å². The Kier molecular flexibility index (Phi) is 3.11. The van der Waals surface area contributed by atoms with Crippen molar-refractivity contribution in [3.63, 3.8) is 0 Å². The van der Waals surface area contributed by atoms with E-state index in [1.165, 1.54) is 36.7 Å². The van der Waals surface area contributed by atoms with Gasteiger partial charge in [-0.05, 0) is 6.07 Å². The van der Waals surface area contributed by atoms with Crippen molar-refractivity contribution in [1.29, 1.82) is 5.26 Å². The van der Waals surface area contributed by atoms with Crippen LogP contribution in [0.25, 0.3) is 0 Å². The predicted octanol–water partition coefficient (Wildman–Crippen LogP) is 2.05. The highest BCUT2D eigenvalue weighted by molar-refractivity contribution is 5.41. The van der Waals surface area contributed by atoms with Crippen molar-refractivity contribution in [2.24, 2.45) is 0 Å². The van der Waals surface area contributed by atoms with Crippen molar-refractivity contribution in [2.75, 3.05) is 0 Å². The van der Waals surface area contributed by atoms with E-state index in [1.54, 1.807) is 0 Å². The molecule has 0 unspecified atom stereocenters. The number of hydrogen-bond acceptors (Lipinski definition) is 6. The molecule has 1 aromatic heterocycles. The van der Waals surface area contributed by atoms with Gasteiger partial charge in [-0.2, -0.15) is 5.26 Å². The number of nitrogens with zero attached hydrogens (tertiary/aromatic N) is 4. The zero-order chi connectivity index (χ0) is 13.0. The number of aromatic nitrogens is 2. The normalized spacial score (nSPS) is 9.50. The van der Waals surface area contributed by atoms with E-state index in [9.17, 15) is 10.1 Å². The highest BCUT2D eigenvalue weighted by Gasteiger charge is 2.10. The first-order chi connectivity index (χ1) is 8.70. The third kappa shape index (κ3) is 2.38. The summed E-state index contributed by atoms with van der Waals surface area (Å²) in [5, 5.41) is 19.4. The van der Waals surface area contributed by atoms with Gasteiger partial charge in [0, 0.05) is 18.5 Å². The zero-order valence-electron chi connectivity index (χ0n) is 8.98. The van der Waals surface area contributed by atoms with Crippen LogP contribution in [0.4, 0.5) is 5.69 Å². The van der Waals surface area contributed by atoms with E-state index in [0.29, 0.717) is 0 Å². The van der Waals surface area contributed by atoms with Gasteiger partial charge in [0.1, 0.15) is 11.8 Å². The quantitative estimate of drug-likeness (QED) is 0.602. The molecule has 0 atom stereocenters. The Bertz CT molecular complexity index is 636. The Balaban J connectivity index is 2.32. The van der Waals surface area contributed by atoms with E-state index in [0.717, 1.165) is 0 Å². The molecule has 0 N–H and O–H groups in total. The number of nitriles is 1. The first-order valence-corrected chi connectivity index (χ1v) is 4.84. The summed E-state index contributed by atoms with van der Waals surface area (Å²) in [6, 6.07) is 7.42. The minimum atomic E-state index is -0.533. The third-order valence-electron chi connectivity index (χ3n) is 2.01. The van der Waals surface area contributed by atoms with Gasteiger partial charge < -0.3 is 4.74 Å². The van der Waals surface area contributed by atoms with Gasteiger partial charge in [-0.3, -0.25) is 10.1 Å². The fourth-order valence-corrected chi connectivity index (χ4v) is 1.25. The van der Waals surface area contributed by atoms with E-state index in [4.69, 9.17) is 10.00 Å². The molecule has 0 spiro atoms. The summed E-state index contributed by atoms with van der Waals surface area (Å²) in [4.78, 5) is 17.7. The molecule has 0 amide bonds. The van der Waals surface area contributed by atoms with Crippen molar-refractivity contribution in [3.05, 3.63) is 52.5 Å². The fourth-order valence-electron chi connectivity index (χ4n) is 1.25. The summed E-state index contributed by atoms with van der Waals surface area (Å²) in [5.74, 6) is 0.238. The Morgan fingerprint density at radius 3 is 2.83 bits per heavy atom. The van der Waals surface area contributed by atoms with Crippen LogP contribution < -0.4 is 4.74 Å². The van der Waals surface area contributed by atoms with Crippen LogP contribution in [0.15, 0.2) is 36.7 Å². The van der Waals surface area contributed by atoms with E-state index >= 15 is 0 Å². The lowest BCUT2D eigenvalue weighted by Crippen LogP contribution is -1.94. The van der Waals surface area contributed by atoms with Crippen molar-refractivity contribution >= 4 is 5.69 Å². The first-order valence-electron chi connectivity index (χ1n) is 4.84. The molecule has 0 saturated heterocycles. The molecule has 0 aliphatic carbocycles. The van der Waals surface area contributed by atoms with Gasteiger partial charge in [0.15, 0.2) is 0 Å². The summed E-state index contributed by atoms with van der Waals surface area (Å²) in [6.45, 7) is 0. The number of ether oxygens (including phenoxy) is 1. The second-order valence-corrected chi connectivity index (χ2v) is 3.18. The Labute approximate surface area is 101 Å². The molecule has 0 fully saturated rings. The predicted molar refractivity (Wildman–Crippen MR) is 59.9 cm³/mol. The van der Waals surface area contributed by atoms with Crippen LogP contribution in [0.3, 0.4) is 0 Å². The molecule has 0 aliphatic heterocycles. The average Bonchev–Trinajstić information content (AvgIpc) is 2.39. The number of non-ortho nitro benzene ring substituents is 1. The molecule has 1 heterocycles. The summed E-state index contributed by atoms with van der Waals surface area (Å²) in [5.41, 5.74) is -0.0843. The molecule has 18 heavy (non-hydrogen) atoms. The van der Waals surface area contributed by atoms with E-state index < -0.39 is 4.92 Å². The van der Waals surface area contributed by atoms with Crippen LogP contribution in [0, 0.1) is 21.4 Å². The minimum Gasteiger partial charge on any atom is -0.436 e. The molecule has 7 heteroatoms. The highest BCUT2D eigenvalue weighted by atomic mass is 16.6. The fraction of sp³-hybridized carbons (Fsp3) is 0. The van der Waals surface area contributed by atoms with Crippen LogP contribution in [-0.2, 0) is 0 Å². The van der Waals surface area contributed by atoms with Crippen LogP contribution in [-0.4, -0.2) is 14.9 Å². The number of rotatable bonds is 3. The molecule has 0 bridgehead atoms. The van der Waals surface area contributed by atoms with Crippen LogP contribution >= 0.6 is 0 Å². The first kappa shape index (κ1) is 11.5. The second kappa shape index (κ2) is 4.88. The Hall–Kier alpha value is -3.01. The summed E-state index contributed by atoms with van der Waals surface area (Å²) < 4.78 is 5.29. The molecule has 0 aliphatic rings. The second-order valence-electron chi connectivity index (χ2n) is 3.18. The molecule has 2 aromatic rings. The summed E-state index contributed by atoms with van der Waals surface area (Å²) in [7, 11) is 0. The maximum absolute atomic E-state index is 10.6. The molecule has 0 saturated carbocycles. The van der Waals surface area contributed by atoms with E-state index in [-0.39, 0.29) is 23.0 Å². The van der Waals surface area contributed by atoms with Gasteiger partial charge in [0.2, 0.25) is 5.69 Å². The average molecular weight is 242 g/mol. The van der Waals surface area contributed by atoms with Crippen molar-refractivity contribution in [2.45, 2.75) is 0 Å². The summed E-state index contributed by atoms with van der Waals surface area (Å²) in [6.07, 6.45) is 2.73. The van der Waals surface area contributed by atoms with Gasteiger partial charge in [-0.25, -0.2) is 9.97 Å².